The summed E-state index contributed by atoms with van der Waals surface area (Å²) in [5.74, 6) is 0.764. The second kappa shape index (κ2) is 8.46. The lowest BCUT2D eigenvalue weighted by atomic mass is 10.1. The molecule has 3 rings (SSSR count). The first-order valence-corrected chi connectivity index (χ1v) is 8.59. The van der Waals surface area contributed by atoms with Crippen LogP contribution < -0.4 is 4.74 Å². The number of rotatable bonds is 7. The summed E-state index contributed by atoms with van der Waals surface area (Å²) in [6.45, 7) is 0.467. The minimum Gasteiger partial charge on any atom is -0.489 e. The highest BCUT2D eigenvalue weighted by Gasteiger charge is 2.04. The number of hydrogen-bond donors (Lipinski definition) is 1. The van der Waals surface area contributed by atoms with E-state index in [1.807, 2.05) is 48.5 Å². The van der Waals surface area contributed by atoms with Gasteiger partial charge in [0.25, 0.3) is 0 Å². The van der Waals surface area contributed by atoms with Gasteiger partial charge in [-0.25, -0.2) is 0 Å². The normalized spacial score (nSPS) is 10.4. The summed E-state index contributed by atoms with van der Waals surface area (Å²) in [4.78, 5) is 17.0. The van der Waals surface area contributed by atoms with Crippen LogP contribution in [0.5, 0.6) is 5.75 Å². The van der Waals surface area contributed by atoms with E-state index in [1.54, 1.807) is 18.5 Å². The molecule has 4 nitrogen and oxygen atoms in total. The molecule has 0 aliphatic heterocycles. The smallest absolute Gasteiger partial charge is 0.151 e. The van der Waals surface area contributed by atoms with Gasteiger partial charge >= 0.3 is 0 Å². The van der Waals surface area contributed by atoms with Crippen LogP contribution in [0.2, 0.25) is 0 Å². The molecule has 0 aliphatic rings. The van der Waals surface area contributed by atoms with Gasteiger partial charge in [0.2, 0.25) is 0 Å². The number of pyridine rings is 1. The molecule has 0 saturated carbocycles. The van der Waals surface area contributed by atoms with Crippen molar-refractivity contribution in [1.29, 1.82) is 0 Å². The van der Waals surface area contributed by atoms with Crippen LogP contribution in [0.15, 0.2) is 76.8 Å². The lowest BCUT2D eigenvalue weighted by Crippen LogP contribution is -1.96. The maximum atomic E-state index is 11.1. The fourth-order valence-electron chi connectivity index (χ4n) is 2.29. The summed E-state index contributed by atoms with van der Waals surface area (Å²) in [6, 6.07) is 17.1. The second-order valence-corrected chi connectivity index (χ2v) is 6.49. The van der Waals surface area contributed by atoms with Crippen LogP contribution >= 0.6 is 11.8 Å². The first-order valence-electron chi connectivity index (χ1n) is 7.77. The predicted molar refractivity (Wildman–Crippen MR) is 96.9 cm³/mol. The standard InChI is InChI=1S/C20H17NO3S/c22-12-15-2-1-3-16(10-15)14-24-18-4-6-19(7-5-18)25-20-11-21-9-8-17(20)13-23/h1-11,13,22H,12,14H2. The number of hydrogen-bond acceptors (Lipinski definition) is 5. The van der Waals surface area contributed by atoms with E-state index < -0.39 is 0 Å². The van der Waals surface area contributed by atoms with Gasteiger partial charge in [-0.2, -0.15) is 0 Å². The van der Waals surface area contributed by atoms with Gasteiger partial charge < -0.3 is 9.84 Å². The fraction of sp³-hybridized carbons (Fsp3) is 0.100. The van der Waals surface area contributed by atoms with Crippen LogP contribution in [0.1, 0.15) is 21.5 Å². The first-order chi connectivity index (χ1) is 12.3. The zero-order valence-corrected chi connectivity index (χ0v) is 14.3. The number of carbonyl (C=O) groups excluding carboxylic acids is 1. The highest BCUT2D eigenvalue weighted by molar-refractivity contribution is 7.99. The molecule has 0 atom stereocenters. The zero-order valence-electron chi connectivity index (χ0n) is 13.5. The molecule has 0 amide bonds. The third-order valence-electron chi connectivity index (χ3n) is 3.57. The molecule has 1 N–H and O–H groups in total. The molecular weight excluding hydrogens is 334 g/mol. The molecule has 5 heteroatoms. The molecule has 1 aromatic heterocycles. The average Bonchev–Trinajstić information content (AvgIpc) is 2.68. The van der Waals surface area contributed by atoms with Crippen molar-refractivity contribution in [3.63, 3.8) is 0 Å². The zero-order chi connectivity index (χ0) is 17.5. The van der Waals surface area contributed by atoms with Gasteiger partial charge in [0.1, 0.15) is 12.4 Å². The highest BCUT2D eigenvalue weighted by atomic mass is 32.2. The molecule has 0 radical (unpaired) electrons. The fourth-order valence-corrected chi connectivity index (χ4v) is 3.16. The monoisotopic (exact) mass is 351 g/mol. The van der Waals surface area contributed by atoms with E-state index in [2.05, 4.69) is 4.98 Å². The van der Waals surface area contributed by atoms with Crippen molar-refractivity contribution < 1.29 is 14.6 Å². The maximum absolute atomic E-state index is 11.1. The molecule has 25 heavy (non-hydrogen) atoms. The van der Waals surface area contributed by atoms with E-state index in [0.717, 1.165) is 33.0 Å². The molecule has 0 fully saturated rings. The number of aldehydes is 1. The van der Waals surface area contributed by atoms with Crippen molar-refractivity contribution in [2.24, 2.45) is 0 Å². The summed E-state index contributed by atoms with van der Waals surface area (Å²) in [5, 5.41) is 9.17. The number of aromatic nitrogens is 1. The molecule has 1 heterocycles. The molecule has 126 valence electrons. The number of ether oxygens (including phenoxy) is 1. The van der Waals surface area contributed by atoms with Crippen LogP contribution in [0.3, 0.4) is 0 Å². The van der Waals surface area contributed by atoms with E-state index in [4.69, 9.17) is 9.84 Å². The lowest BCUT2D eigenvalue weighted by Gasteiger charge is -2.08. The Kier molecular flexibility index (Phi) is 5.82. The van der Waals surface area contributed by atoms with Crippen LogP contribution in [-0.4, -0.2) is 16.4 Å². The largest absolute Gasteiger partial charge is 0.489 e. The van der Waals surface area contributed by atoms with Gasteiger partial charge in [-0.15, -0.1) is 0 Å². The van der Waals surface area contributed by atoms with Crippen LogP contribution in [-0.2, 0) is 13.2 Å². The van der Waals surface area contributed by atoms with E-state index in [9.17, 15) is 4.79 Å². The van der Waals surface area contributed by atoms with E-state index in [-0.39, 0.29) is 6.61 Å². The van der Waals surface area contributed by atoms with Gasteiger partial charge in [0.15, 0.2) is 6.29 Å². The van der Waals surface area contributed by atoms with Crippen molar-refractivity contribution in [2.75, 3.05) is 0 Å². The molecule has 0 saturated heterocycles. The summed E-state index contributed by atoms with van der Waals surface area (Å²) >= 11 is 1.49. The van der Waals surface area contributed by atoms with Crippen molar-refractivity contribution >= 4 is 18.0 Å². The van der Waals surface area contributed by atoms with Crippen LogP contribution in [0.4, 0.5) is 0 Å². The van der Waals surface area contributed by atoms with E-state index in [0.29, 0.717) is 12.2 Å². The molecule has 0 spiro atoms. The second-order valence-electron chi connectivity index (χ2n) is 5.37. The number of nitrogens with zero attached hydrogens (tertiary/aromatic N) is 1. The predicted octanol–water partition coefficient (Wildman–Crippen LogP) is 4.12. The molecule has 0 unspecified atom stereocenters. The van der Waals surface area contributed by atoms with Crippen LogP contribution in [0.25, 0.3) is 0 Å². The Bertz CT molecular complexity index is 850. The molecule has 0 aliphatic carbocycles. The summed E-state index contributed by atoms with van der Waals surface area (Å²) in [7, 11) is 0. The molecular formula is C20H17NO3S. The number of aliphatic hydroxyl groups is 1. The minimum atomic E-state index is 0.0247. The Labute approximate surface area is 150 Å². The van der Waals surface area contributed by atoms with Crippen molar-refractivity contribution in [3.8, 4) is 5.75 Å². The third-order valence-corrected chi connectivity index (χ3v) is 4.64. The lowest BCUT2D eigenvalue weighted by molar-refractivity contribution is 0.112. The van der Waals surface area contributed by atoms with Crippen LogP contribution in [0, 0.1) is 0 Å². The van der Waals surface area contributed by atoms with Gasteiger partial charge in [0.05, 0.1) is 6.61 Å². The van der Waals surface area contributed by atoms with Crippen molar-refractivity contribution in [3.05, 3.63) is 83.7 Å². The topological polar surface area (TPSA) is 59.4 Å². The number of carbonyl (C=O) groups is 1. The van der Waals surface area contributed by atoms with Gasteiger partial charge in [-0.05, 0) is 41.5 Å². The number of aliphatic hydroxyl groups excluding tert-OH is 1. The third kappa shape index (κ3) is 4.68. The van der Waals surface area contributed by atoms with Gasteiger partial charge in [0, 0.05) is 27.7 Å². The summed E-state index contributed by atoms with van der Waals surface area (Å²) in [6.07, 6.45) is 4.13. The Morgan fingerprint density at radius 2 is 1.88 bits per heavy atom. The van der Waals surface area contributed by atoms with Gasteiger partial charge in [-0.3, -0.25) is 9.78 Å². The minimum absolute atomic E-state index is 0.0247. The molecule has 3 aromatic rings. The molecule has 0 bridgehead atoms. The Balaban J connectivity index is 1.63. The Morgan fingerprint density at radius 3 is 2.64 bits per heavy atom. The van der Waals surface area contributed by atoms with E-state index >= 15 is 0 Å². The number of benzene rings is 2. The maximum Gasteiger partial charge on any atom is 0.151 e. The quantitative estimate of drug-likeness (QED) is 0.649. The summed E-state index contributed by atoms with van der Waals surface area (Å²) < 4.78 is 5.78. The Hall–Kier alpha value is -2.63. The van der Waals surface area contributed by atoms with E-state index in [1.165, 1.54) is 11.8 Å². The Morgan fingerprint density at radius 1 is 1.08 bits per heavy atom. The van der Waals surface area contributed by atoms with Crippen molar-refractivity contribution in [1.82, 2.24) is 4.98 Å². The van der Waals surface area contributed by atoms with Crippen molar-refractivity contribution in [2.45, 2.75) is 23.0 Å². The SMILES string of the molecule is O=Cc1ccncc1Sc1ccc(OCc2cccc(CO)c2)cc1. The van der Waals surface area contributed by atoms with Gasteiger partial charge in [-0.1, -0.05) is 36.0 Å². The molecule has 2 aromatic carbocycles. The first kappa shape index (κ1) is 17.2. The summed E-state index contributed by atoms with van der Waals surface area (Å²) in [5.41, 5.74) is 2.51. The highest BCUT2D eigenvalue weighted by Crippen LogP contribution is 2.30. The average molecular weight is 351 g/mol.